The Morgan fingerprint density at radius 3 is 2.53 bits per heavy atom. The second-order valence-corrected chi connectivity index (χ2v) is 6.00. The van der Waals surface area contributed by atoms with Crippen LogP contribution in [0.25, 0.3) is 0 Å². The van der Waals surface area contributed by atoms with Crippen molar-refractivity contribution in [1.29, 1.82) is 0 Å². The van der Waals surface area contributed by atoms with E-state index in [1.807, 2.05) is 6.92 Å². The molecule has 1 atom stereocenters. The fourth-order valence-electron chi connectivity index (χ4n) is 2.38. The molecule has 0 saturated heterocycles. The molecule has 1 fully saturated rings. The molecule has 0 aromatic heterocycles. The van der Waals surface area contributed by atoms with Crippen molar-refractivity contribution in [1.82, 2.24) is 10.2 Å². The van der Waals surface area contributed by atoms with Crippen molar-refractivity contribution >= 4 is 5.97 Å². The summed E-state index contributed by atoms with van der Waals surface area (Å²) in [7, 11) is 3.63. The zero-order valence-corrected chi connectivity index (χ0v) is 13.0. The Kier molecular flexibility index (Phi) is 6.80. The molecular formula is C15H30N2O2. The van der Waals surface area contributed by atoms with Gasteiger partial charge in [0.1, 0.15) is 5.54 Å². The van der Waals surface area contributed by atoms with Gasteiger partial charge in [0.25, 0.3) is 0 Å². The summed E-state index contributed by atoms with van der Waals surface area (Å²) in [6, 6.07) is 0.516. The molecule has 4 nitrogen and oxygen atoms in total. The maximum atomic E-state index is 11.9. The van der Waals surface area contributed by atoms with Crippen LogP contribution in [0.15, 0.2) is 0 Å². The third-order valence-corrected chi connectivity index (χ3v) is 3.85. The van der Waals surface area contributed by atoms with Gasteiger partial charge >= 0.3 is 5.97 Å². The monoisotopic (exact) mass is 270 g/mol. The highest BCUT2D eigenvalue weighted by atomic mass is 16.5. The van der Waals surface area contributed by atoms with Crippen molar-refractivity contribution in [3.05, 3.63) is 0 Å². The van der Waals surface area contributed by atoms with E-state index in [4.69, 9.17) is 4.74 Å². The molecule has 1 saturated carbocycles. The van der Waals surface area contributed by atoms with E-state index in [0.29, 0.717) is 6.04 Å². The number of hydrogen-bond acceptors (Lipinski definition) is 4. The van der Waals surface area contributed by atoms with E-state index in [2.05, 4.69) is 24.2 Å². The standard InChI is InChI=1S/C15H30N2O2/c1-5-6-11-17(3)12-7-10-15(2,14(18)19-4)16-13-8-9-13/h13,16H,5-12H2,1-4H3. The van der Waals surface area contributed by atoms with E-state index in [1.54, 1.807) is 0 Å². The number of nitrogens with zero attached hydrogens (tertiary/aromatic N) is 1. The van der Waals surface area contributed by atoms with E-state index >= 15 is 0 Å². The molecule has 4 heteroatoms. The van der Waals surface area contributed by atoms with Crippen LogP contribution in [0, 0.1) is 0 Å². The molecule has 1 aliphatic rings. The lowest BCUT2D eigenvalue weighted by Gasteiger charge is -2.29. The van der Waals surface area contributed by atoms with Crippen molar-refractivity contribution in [2.75, 3.05) is 27.2 Å². The van der Waals surface area contributed by atoms with E-state index in [0.717, 1.165) is 25.9 Å². The fraction of sp³-hybridized carbons (Fsp3) is 0.933. The predicted octanol–water partition coefficient (Wildman–Crippen LogP) is 2.18. The number of methoxy groups -OCH3 is 1. The molecule has 0 heterocycles. The van der Waals surface area contributed by atoms with Gasteiger partial charge in [0, 0.05) is 6.04 Å². The van der Waals surface area contributed by atoms with E-state index in [1.165, 1.54) is 32.8 Å². The van der Waals surface area contributed by atoms with Crippen molar-refractivity contribution in [3.8, 4) is 0 Å². The molecule has 0 amide bonds. The first kappa shape index (κ1) is 16.4. The van der Waals surface area contributed by atoms with Crippen LogP contribution in [-0.2, 0) is 9.53 Å². The Labute approximate surface area is 117 Å². The van der Waals surface area contributed by atoms with Crippen LogP contribution in [0.2, 0.25) is 0 Å². The van der Waals surface area contributed by atoms with E-state index < -0.39 is 5.54 Å². The third-order valence-electron chi connectivity index (χ3n) is 3.85. The van der Waals surface area contributed by atoms with Gasteiger partial charge in [-0.3, -0.25) is 10.1 Å². The van der Waals surface area contributed by atoms with Crippen LogP contribution >= 0.6 is 0 Å². The van der Waals surface area contributed by atoms with Gasteiger partial charge in [-0.15, -0.1) is 0 Å². The molecule has 0 spiro atoms. The van der Waals surface area contributed by atoms with Crippen LogP contribution in [0.3, 0.4) is 0 Å². The number of rotatable bonds is 10. The largest absolute Gasteiger partial charge is 0.468 e. The topological polar surface area (TPSA) is 41.6 Å². The molecule has 0 bridgehead atoms. The molecule has 1 rings (SSSR count). The smallest absolute Gasteiger partial charge is 0.325 e. The fourth-order valence-corrected chi connectivity index (χ4v) is 2.38. The number of unbranched alkanes of at least 4 members (excludes halogenated alkanes) is 1. The molecule has 0 aromatic rings. The average molecular weight is 270 g/mol. The highest BCUT2D eigenvalue weighted by molar-refractivity contribution is 5.80. The first-order valence-corrected chi connectivity index (χ1v) is 7.56. The third kappa shape index (κ3) is 5.91. The summed E-state index contributed by atoms with van der Waals surface area (Å²) in [6.45, 7) is 6.37. The SMILES string of the molecule is CCCCN(C)CCCC(C)(NC1CC1)C(=O)OC. The minimum absolute atomic E-state index is 0.129. The molecule has 0 radical (unpaired) electrons. The van der Waals surface area contributed by atoms with Crippen LogP contribution in [0.4, 0.5) is 0 Å². The van der Waals surface area contributed by atoms with Crippen LogP contribution < -0.4 is 5.32 Å². The maximum Gasteiger partial charge on any atom is 0.325 e. The predicted molar refractivity (Wildman–Crippen MR) is 78.2 cm³/mol. The molecule has 1 N–H and O–H groups in total. The van der Waals surface area contributed by atoms with Crippen molar-refractivity contribution < 1.29 is 9.53 Å². The van der Waals surface area contributed by atoms with Crippen LogP contribution in [-0.4, -0.2) is 49.7 Å². The Morgan fingerprint density at radius 2 is 2.00 bits per heavy atom. The molecule has 112 valence electrons. The highest BCUT2D eigenvalue weighted by Gasteiger charge is 2.38. The quantitative estimate of drug-likeness (QED) is 0.618. The summed E-state index contributed by atoms with van der Waals surface area (Å²) < 4.78 is 4.95. The summed E-state index contributed by atoms with van der Waals surface area (Å²) in [4.78, 5) is 14.3. The summed E-state index contributed by atoms with van der Waals surface area (Å²) in [6.07, 6.45) is 6.70. The minimum atomic E-state index is -0.512. The van der Waals surface area contributed by atoms with Crippen molar-refractivity contribution in [2.45, 2.75) is 64.0 Å². The van der Waals surface area contributed by atoms with Crippen LogP contribution in [0.5, 0.6) is 0 Å². The maximum absolute atomic E-state index is 11.9. The lowest BCUT2D eigenvalue weighted by Crippen LogP contribution is -2.51. The molecular weight excluding hydrogens is 240 g/mol. The Morgan fingerprint density at radius 1 is 1.37 bits per heavy atom. The van der Waals surface area contributed by atoms with E-state index in [-0.39, 0.29) is 5.97 Å². The highest BCUT2D eigenvalue weighted by Crippen LogP contribution is 2.25. The number of ether oxygens (including phenoxy) is 1. The minimum Gasteiger partial charge on any atom is -0.468 e. The van der Waals surface area contributed by atoms with Gasteiger partial charge in [-0.05, 0) is 59.2 Å². The Balaban J connectivity index is 2.33. The lowest BCUT2D eigenvalue weighted by atomic mass is 9.95. The van der Waals surface area contributed by atoms with Crippen LogP contribution in [0.1, 0.15) is 52.4 Å². The van der Waals surface area contributed by atoms with Gasteiger partial charge in [-0.25, -0.2) is 0 Å². The van der Waals surface area contributed by atoms with Gasteiger partial charge in [-0.1, -0.05) is 13.3 Å². The summed E-state index contributed by atoms with van der Waals surface area (Å²) in [5, 5.41) is 3.44. The van der Waals surface area contributed by atoms with E-state index in [9.17, 15) is 4.79 Å². The average Bonchev–Trinajstić information content (AvgIpc) is 3.18. The van der Waals surface area contributed by atoms with Gasteiger partial charge in [-0.2, -0.15) is 0 Å². The zero-order valence-electron chi connectivity index (χ0n) is 13.0. The number of hydrogen-bond donors (Lipinski definition) is 1. The van der Waals surface area contributed by atoms with Crippen molar-refractivity contribution in [2.24, 2.45) is 0 Å². The number of carbonyl (C=O) groups is 1. The molecule has 19 heavy (non-hydrogen) atoms. The number of carbonyl (C=O) groups excluding carboxylic acids is 1. The van der Waals surface area contributed by atoms with Gasteiger partial charge in [0.2, 0.25) is 0 Å². The van der Waals surface area contributed by atoms with Crippen molar-refractivity contribution in [3.63, 3.8) is 0 Å². The number of esters is 1. The normalized spacial score (nSPS) is 18.4. The summed E-state index contributed by atoms with van der Waals surface area (Å²) >= 11 is 0. The second-order valence-electron chi connectivity index (χ2n) is 6.00. The molecule has 0 aliphatic heterocycles. The molecule has 1 aliphatic carbocycles. The van der Waals surface area contributed by atoms with Gasteiger partial charge in [0.15, 0.2) is 0 Å². The lowest BCUT2D eigenvalue weighted by molar-refractivity contribution is -0.148. The second kappa shape index (κ2) is 7.85. The Bertz CT molecular complexity index is 279. The first-order chi connectivity index (χ1) is 9.01. The van der Waals surface area contributed by atoms with Gasteiger partial charge in [0.05, 0.1) is 7.11 Å². The zero-order chi connectivity index (χ0) is 14.3. The molecule has 0 aromatic carbocycles. The van der Waals surface area contributed by atoms with Gasteiger partial charge < -0.3 is 9.64 Å². The summed E-state index contributed by atoms with van der Waals surface area (Å²) in [5.74, 6) is -0.129. The number of nitrogens with one attached hydrogen (secondary N) is 1. The summed E-state index contributed by atoms with van der Waals surface area (Å²) in [5.41, 5.74) is -0.512. The Hall–Kier alpha value is -0.610. The molecule has 1 unspecified atom stereocenters. The first-order valence-electron chi connectivity index (χ1n) is 7.56.